The van der Waals surface area contributed by atoms with Crippen LogP contribution in [-0.4, -0.2) is 53.7 Å². The Morgan fingerprint density at radius 3 is 2.70 bits per heavy atom. The number of fused-ring (bicyclic) bond motifs is 2. The van der Waals surface area contributed by atoms with Gasteiger partial charge in [0, 0.05) is 37.3 Å². The van der Waals surface area contributed by atoms with Crippen molar-refractivity contribution in [2.45, 2.75) is 39.2 Å². The first-order valence-corrected chi connectivity index (χ1v) is 10.1. The largest absolute Gasteiger partial charge is 0.492 e. The van der Waals surface area contributed by atoms with E-state index in [-0.39, 0.29) is 37.2 Å². The third-order valence-electron chi connectivity index (χ3n) is 6.11. The van der Waals surface area contributed by atoms with E-state index in [0.717, 1.165) is 29.8 Å². The number of benzene rings is 1. The summed E-state index contributed by atoms with van der Waals surface area (Å²) in [7, 11) is 5.38. The summed E-state index contributed by atoms with van der Waals surface area (Å²) in [6, 6.07) is 1.80. The Hall–Kier alpha value is -2.87. The van der Waals surface area contributed by atoms with E-state index in [1.165, 1.54) is 0 Å². The SMILES string of the molecule is COc1c2c(cc3c1[C@H](CC(=O)CC(=O)c1c(C)nn(C)c1C)N(C)CC3)OCO2. The van der Waals surface area contributed by atoms with Crippen molar-refractivity contribution in [3.63, 3.8) is 0 Å². The number of ketones is 2. The first-order valence-electron chi connectivity index (χ1n) is 10.1. The molecule has 0 radical (unpaired) electrons. The maximum absolute atomic E-state index is 12.9. The molecule has 1 aromatic carbocycles. The van der Waals surface area contributed by atoms with Gasteiger partial charge in [0.05, 0.1) is 24.8 Å². The third-order valence-corrected chi connectivity index (χ3v) is 6.11. The molecule has 8 nitrogen and oxygen atoms in total. The van der Waals surface area contributed by atoms with Crippen molar-refractivity contribution in [1.29, 1.82) is 0 Å². The van der Waals surface area contributed by atoms with Crippen LogP contribution in [0.15, 0.2) is 6.07 Å². The molecule has 160 valence electrons. The number of aryl methyl sites for hydroxylation is 2. The molecule has 0 N–H and O–H groups in total. The molecular formula is C22H27N3O5. The maximum Gasteiger partial charge on any atom is 0.231 e. The van der Waals surface area contributed by atoms with Crippen molar-refractivity contribution in [1.82, 2.24) is 14.7 Å². The van der Waals surface area contributed by atoms with Gasteiger partial charge in [0.15, 0.2) is 17.3 Å². The van der Waals surface area contributed by atoms with E-state index in [1.807, 2.05) is 20.0 Å². The van der Waals surface area contributed by atoms with Gasteiger partial charge in [-0.05, 0) is 38.9 Å². The number of carbonyl (C=O) groups excluding carboxylic acids is 2. The number of rotatable bonds is 6. The molecule has 0 saturated carbocycles. The molecule has 30 heavy (non-hydrogen) atoms. The number of ether oxygens (including phenoxy) is 3. The zero-order valence-corrected chi connectivity index (χ0v) is 18.1. The first-order chi connectivity index (χ1) is 14.3. The van der Waals surface area contributed by atoms with Gasteiger partial charge >= 0.3 is 0 Å². The zero-order chi connectivity index (χ0) is 21.6. The molecule has 0 saturated heterocycles. The van der Waals surface area contributed by atoms with E-state index in [0.29, 0.717) is 28.5 Å². The predicted molar refractivity (Wildman–Crippen MR) is 109 cm³/mol. The number of carbonyl (C=O) groups is 2. The second-order valence-electron chi connectivity index (χ2n) is 7.97. The van der Waals surface area contributed by atoms with Crippen molar-refractivity contribution in [2.24, 2.45) is 7.05 Å². The van der Waals surface area contributed by atoms with Crippen molar-refractivity contribution in [2.75, 3.05) is 27.5 Å². The van der Waals surface area contributed by atoms with Crippen LogP contribution in [0.1, 0.15) is 51.8 Å². The molecule has 0 fully saturated rings. The second-order valence-corrected chi connectivity index (χ2v) is 7.97. The number of hydrogen-bond acceptors (Lipinski definition) is 7. The molecule has 2 aliphatic heterocycles. The van der Waals surface area contributed by atoms with Crippen LogP contribution in [-0.2, 0) is 18.3 Å². The summed E-state index contributed by atoms with van der Waals surface area (Å²) >= 11 is 0. The summed E-state index contributed by atoms with van der Waals surface area (Å²) in [6.45, 7) is 4.61. The monoisotopic (exact) mass is 413 g/mol. The lowest BCUT2D eigenvalue weighted by Crippen LogP contribution is -2.34. The molecule has 3 heterocycles. The van der Waals surface area contributed by atoms with Crippen molar-refractivity contribution in [3.05, 3.63) is 34.1 Å². The zero-order valence-electron chi connectivity index (χ0n) is 18.1. The van der Waals surface area contributed by atoms with Gasteiger partial charge in [-0.2, -0.15) is 5.10 Å². The quantitative estimate of drug-likeness (QED) is 0.532. The Kier molecular flexibility index (Phi) is 5.27. The Morgan fingerprint density at radius 2 is 2.03 bits per heavy atom. The van der Waals surface area contributed by atoms with E-state index in [4.69, 9.17) is 14.2 Å². The fraction of sp³-hybridized carbons (Fsp3) is 0.500. The van der Waals surface area contributed by atoms with Crippen LogP contribution in [0.25, 0.3) is 0 Å². The van der Waals surface area contributed by atoms with Crippen LogP contribution in [0.4, 0.5) is 0 Å². The summed E-state index contributed by atoms with van der Waals surface area (Å²) in [6.07, 6.45) is 0.917. The number of hydrogen-bond donors (Lipinski definition) is 0. The molecule has 0 spiro atoms. The highest BCUT2D eigenvalue weighted by atomic mass is 16.7. The van der Waals surface area contributed by atoms with E-state index in [2.05, 4.69) is 10.00 Å². The molecular weight excluding hydrogens is 386 g/mol. The lowest BCUT2D eigenvalue weighted by atomic mass is 9.87. The van der Waals surface area contributed by atoms with Gasteiger partial charge in [0.2, 0.25) is 12.5 Å². The number of methoxy groups -OCH3 is 1. The standard InChI is InChI=1S/C22H27N3O5/c1-12-19(13(2)25(4)23-12)17(27)10-15(26)9-16-20-14(6-7-24(16)3)8-18-21(22(20)28-5)30-11-29-18/h8,16H,6-7,9-11H2,1-5H3/t16-/m0/s1. The normalized spacial score (nSPS) is 17.7. The molecule has 0 amide bonds. The third kappa shape index (κ3) is 3.35. The average molecular weight is 413 g/mol. The smallest absolute Gasteiger partial charge is 0.231 e. The lowest BCUT2D eigenvalue weighted by Gasteiger charge is -2.35. The molecule has 0 aliphatic carbocycles. The minimum atomic E-state index is -0.186. The molecule has 1 aromatic heterocycles. The van der Waals surface area contributed by atoms with Crippen LogP contribution in [0.5, 0.6) is 17.2 Å². The highest BCUT2D eigenvalue weighted by molar-refractivity contribution is 6.09. The molecule has 4 rings (SSSR count). The van der Waals surface area contributed by atoms with Gasteiger partial charge in [-0.15, -0.1) is 0 Å². The van der Waals surface area contributed by atoms with E-state index in [9.17, 15) is 9.59 Å². The van der Waals surface area contributed by atoms with Gasteiger partial charge in [-0.1, -0.05) is 0 Å². The minimum absolute atomic E-state index is 0.105. The topological polar surface area (TPSA) is 82.9 Å². The van der Waals surface area contributed by atoms with Gasteiger partial charge in [-0.3, -0.25) is 19.2 Å². The van der Waals surface area contributed by atoms with Gasteiger partial charge in [0.25, 0.3) is 0 Å². The van der Waals surface area contributed by atoms with E-state index >= 15 is 0 Å². The van der Waals surface area contributed by atoms with Gasteiger partial charge in [0.1, 0.15) is 5.78 Å². The lowest BCUT2D eigenvalue weighted by molar-refractivity contribution is -0.119. The summed E-state index contributed by atoms with van der Waals surface area (Å²) in [5.41, 5.74) is 4.02. The van der Waals surface area contributed by atoms with Crippen LogP contribution in [0, 0.1) is 13.8 Å². The summed E-state index contributed by atoms with van der Waals surface area (Å²) in [5.74, 6) is 1.60. The predicted octanol–water partition coefficient (Wildman–Crippen LogP) is 2.54. The van der Waals surface area contributed by atoms with Crippen molar-refractivity contribution >= 4 is 11.6 Å². The molecule has 2 aromatic rings. The molecule has 2 aliphatic rings. The highest BCUT2D eigenvalue weighted by Crippen LogP contribution is 2.50. The van der Waals surface area contributed by atoms with Gasteiger partial charge < -0.3 is 14.2 Å². The van der Waals surface area contributed by atoms with Crippen LogP contribution < -0.4 is 14.2 Å². The summed E-state index contributed by atoms with van der Waals surface area (Å²) in [5, 5.41) is 4.29. The Balaban J connectivity index is 1.59. The number of likely N-dealkylation sites (N-methyl/N-ethyl adjacent to an activating group) is 1. The van der Waals surface area contributed by atoms with Crippen molar-refractivity contribution < 1.29 is 23.8 Å². The Labute approximate surface area is 175 Å². The fourth-order valence-electron chi connectivity index (χ4n) is 4.52. The Bertz CT molecular complexity index is 1030. The maximum atomic E-state index is 12.9. The first kappa shape index (κ1) is 20.4. The molecule has 0 bridgehead atoms. The number of Topliss-reactive ketones (excluding diaryl/α,β-unsaturated/α-hetero) is 2. The molecule has 1 atom stereocenters. The van der Waals surface area contributed by atoms with E-state index < -0.39 is 0 Å². The second kappa shape index (κ2) is 7.75. The fourth-order valence-corrected chi connectivity index (χ4v) is 4.52. The highest BCUT2D eigenvalue weighted by Gasteiger charge is 2.35. The minimum Gasteiger partial charge on any atom is -0.492 e. The Morgan fingerprint density at radius 1 is 1.27 bits per heavy atom. The number of aromatic nitrogens is 2. The van der Waals surface area contributed by atoms with Crippen LogP contribution in [0.2, 0.25) is 0 Å². The van der Waals surface area contributed by atoms with Crippen LogP contribution >= 0.6 is 0 Å². The average Bonchev–Trinajstić information content (AvgIpc) is 3.26. The number of nitrogens with zero attached hydrogens (tertiary/aromatic N) is 3. The van der Waals surface area contributed by atoms with Crippen molar-refractivity contribution in [3.8, 4) is 17.2 Å². The molecule has 8 heteroatoms. The van der Waals surface area contributed by atoms with E-state index in [1.54, 1.807) is 25.8 Å². The van der Waals surface area contributed by atoms with Crippen LogP contribution in [0.3, 0.4) is 0 Å². The summed E-state index contributed by atoms with van der Waals surface area (Å²) < 4.78 is 18.5. The molecule has 0 unspecified atom stereocenters. The van der Waals surface area contributed by atoms with Gasteiger partial charge in [-0.25, -0.2) is 0 Å². The summed E-state index contributed by atoms with van der Waals surface area (Å²) in [4.78, 5) is 27.9.